The van der Waals surface area contributed by atoms with E-state index in [-0.39, 0.29) is 0 Å². The molecule has 4 heteroatoms. The molecule has 0 amide bonds. The molecular formula is C13H22N4. The van der Waals surface area contributed by atoms with E-state index in [0.717, 1.165) is 29.8 Å². The minimum atomic E-state index is 0.864. The van der Waals surface area contributed by atoms with Gasteiger partial charge in [-0.05, 0) is 25.8 Å². The molecule has 0 spiro atoms. The predicted octanol–water partition coefficient (Wildman–Crippen LogP) is 2.06. The number of rotatable bonds is 4. The Morgan fingerprint density at radius 1 is 1.47 bits per heavy atom. The van der Waals surface area contributed by atoms with Gasteiger partial charge in [0.05, 0.1) is 6.54 Å². The van der Waals surface area contributed by atoms with Crippen LogP contribution in [-0.2, 0) is 6.54 Å². The average molecular weight is 234 g/mol. The van der Waals surface area contributed by atoms with E-state index >= 15 is 0 Å². The zero-order valence-electron chi connectivity index (χ0n) is 11.0. The van der Waals surface area contributed by atoms with Gasteiger partial charge < -0.3 is 5.32 Å². The smallest absolute Gasteiger partial charge is 0.144 e. The summed E-state index contributed by atoms with van der Waals surface area (Å²) < 4.78 is 0. The molecule has 1 aromatic rings. The van der Waals surface area contributed by atoms with Gasteiger partial charge in [-0.1, -0.05) is 13.3 Å². The van der Waals surface area contributed by atoms with Crippen molar-refractivity contribution in [2.45, 2.75) is 33.2 Å². The second-order valence-corrected chi connectivity index (χ2v) is 4.86. The molecule has 1 fully saturated rings. The van der Waals surface area contributed by atoms with Gasteiger partial charge in [-0.25, -0.2) is 9.97 Å². The number of aromatic nitrogens is 2. The van der Waals surface area contributed by atoms with E-state index < -0.39 is 0 Å². The second-order valence-electron chi connectivity index (χ2n) is 4.86. The van der Waals surface area contributed by atoms with E-state index in [0.29, 0.717) is 0 Å². The number of aryl methyl sites for hydroxylation is 1. The van der Waals surface area contributed by atoms with E-state index in [1.807, 2.05) is 20.0 Å². The van der Waals surface area contributed by atoms with Crippen molar-refractivity contribution in [1.29, 1.82) is 0 Å². The fraction of sp³-hybridized carbons (Fsp3) is 0.692. The van der Waals surface area contributed by atoms with Crippen LogP contribution < -0.4 is 5.32 Å². The first-order valence-corrected chi connectivity index (χ1v) is 6.46. The topological polar surface area (TPSA) is 41.1 Å². The lowest BCUT2D eigenvalue weighted by molar-refractivity contribution is 0.307. The molecule has 0 radical (unpaired) electrons. The molecule has 1 aliphatic rings. The van der Waals surface area contributed by atoms with Gasteiger partial charge in [0, 0.05) is 25.4 Å². The molecule has 2 rings (SSSR count). The third-order valence-electron chi connectivity index (χ3n) is 3.47. The lowest BCUT2D eigenvalue weighted by Gasteiger charge is -2.15. The Bertz CT molecular complexity index is 378. The van der Waals surface area contributed by atoms with Gasteiger partial charge in [-0.3, -0.25) is 4.90 Å². The largest absolute Gasteiger partial charge is 0.373 e. The quantitative estimate of drug-likeness (QED) is 0.866. The van der Waals surface area contributed by atoms with Crippen LogP contribution in [0.1, 0.15) is 31.3 Å². The Morgan fingerprint density at radius 2 is 2.29 bits per heavy atom. The van der Waals surface area contributed by atoms with Crippen molar-refractivity contribution in [3.63, 3.8) is 0 Å². The summed E-state index contributed by atoms with van der Waals surface area (Å²) in [5.41, 5.74) is 1.03. The summed E-state index contributed by atoms with van der Waals surface area (Å²) in [6, 6.07) is 1.97. The van der Waals surface area contributed by atoms with Gasteiger partial charge in [0.2, 0.25) is 0 Å². The Labute approximate surface area is 103 Å². The van der Waals surface area contributed by atoms with E-state index in [2.05, 4.69) is 27.1 Å². The highest BCUT2D eigenvalue weighted by Crippen LogP contribution is 2.20. The highest BCUT2D eigenvalue weighted by Gasteiger charge is 2.21. The monoisotopic (exact) mass is 234 g/mol. The van der Waals surface area contributed by atoms with Gasteiger partial charge in [-0.15, -0.1) is 0 Å². The van der Waals surface area contributed by atoms with Gasteiger partial charge in [0.15, 0.2) is 0 Å². The number of anilines is 1. The zero-order chi connectivity index (χ0) is 12.3. The summed E-state index contributed by atoms with van der Waals surface area (Å²) in [7, 11) is 1.90. The van der Waals surface area contributed by atoms with Gasteiger partial charge in [-0.2, -0.15) is 0 Å². The van der Waals surface area contributed by atoms with E-state index in [9.17, 15) is 0 Å². The normalized spacial score (nSPS) is 20.8. The Hall–Kier alpha value is -1.16. The van der Waals surface area contributed by atoms with Crippen LogP contribution in [0, 0.1) is 12.8 Å². The minimum absolute atomic E-state index is 0.864. The van der Waals surface area contributed by atoms with Crippen LogP contribution in [0.5, 0.6) is 0 Å². The number of hydrogen-bond donors (Lipinski definition) is 1. The Balaban J connectivity index is 2.01. The van der Waals surface area contributed by atoms with Gasteiger partial charge in [0.25, 0.3) is 0 Å². The van der Waals surface area contributed by atoms with Crippen molar-refractivity contribution in [1.82, 2.24) is 14.9 Å². The number of nitrogens with one attached hydrogen (secondary N) is 1. The SMILES string of the molecule is CCC1CCN(Cc2nc(C)cc(NC)n2)C1. The maximum Gasteiger partial charge on any atom is 0.144 e. The van der Waals surface area contributed by atoms with Crippen LogP contribution in [0.15, 0.2) is 6.07 Å². The standard InChI is InChI=1S/C13H22N4/c1-4-11-5-6-17(8-11)9-13-15-10(2)7-12(14-3)16-13/h7,11H,4-6,8-9H2,1-3H3,(H,14,15,16). The second kappa shape index (κ2) is 5.45. The van der Waals surface area contributed by atoms with Crippen molar-refractivity contribution < 1.29 is 0 Å². The Morgan fingerprint density at radius 3 is 2.94 bits per heavy atom. The van der Waals surface area contributed by atoms with E-state index in [1.54, 1.807) is 0 Å². The van der Waals surface area contributed by atoms with Crippen molar-refractivity contribution in [2.24, 2.45) is 5.92 Å². The molecule has 1 unspecified atom stereocenters. The highest BCUT2D eigenvalue weighted by molar-refractivity contribution is 5.34. The predicted molar refractivity (Wildman–Crippen MR) is 70.0 cm³/mol. The van der Waals surface area contributed by atoms with Crippen molar-refractivity contribution >= 4 is 5.82 Å². The number of likely N-dealkylation sites (tertiary alicyclic amines) is 1. The number of hydrogen-bond acceptors (Lipinski definition) is 4. The lowest BCUT2D eigenvalue weighted by atomic mass is 10.1. The van der Waals surface area contributed by atoms with Crippen LogP contribution in [0.25, 0.3) is 0 Å². The van der Waals surface area contributed by atoms with Gasteiger partial charge in [0.1, 0.15) is 11.6 Å². The summed E-state index contributed by atoms with van der Waals surface area (Å²) in [4.78, 5) is 11.5. The van der Waals surface area contributed by atoms with E-state index in [1.165, 1.54) is 25.9 Å². The molecule has 1 saturated heterocycles. The summed E-state index contributed by atoms with van der Waals surface area (Å²) >= 11 is 0. The first-order valence-electron chi connectivity index (χ1n) is 6.46. The van der Waals surface area contributed by atoms with Crippen molar-refractivity contribution in [3.8, 4) is 0 Å². The highest BCUT2D eigenvalue weighted by atomic mass is 15.2. The molecule has 0 bridgehead atoms. The summed E-state index contributed by atoms with van der Waals surface area (Å²) in [6.45, 7) is 7.56. The van der Waals surface area contributed by atoms with Crippen LogP contribution in [0.2, 0.25) is 0 Å². The molecule has 1 aliphatic heterocycles. The maximum absolute atomic E-state index is 4.50. The first kappa shape index (κ1) is 12.3. The first-order chi connectivity index (χ1) is 8.21. The average Bonchev–Trinajstić information content (AvgIpc) is 2.76. The molecule has 1 aromatic heterocycles. The fourth-order valence-corrected chi connectivity index (χ4v) is 2.42. The molecule has 0 aliphatic carbocycles. The Kier molecular flexibility index (Phi) is 3.94. The summed E-state index contributed by atoms with van der Waals surface area (Å²) in [5, 5.41) is 3.08. The maximum atomic E-state index is 4.50. The molecule has 0 saturated carbocycles. The molecule has 1 atom stereocenters. The van der Waals surface area contributed by atoms with Crippen molar-refractivity contribution in [3.05, 3.63) is 17.6 Å². The molecule has 1 N–H and O–H groups in total. The zero-order valence-corrected chi connectivity index (χ0v) is 11.0. The van der Waals surface area contributed by atoms with Crippen molar-refractivity contribution in [2.75, 3.05) is 25.5 Å². The third kappa shape index (κ3) is 3.16. The van der Waals surface area contributed by atoms with Crippen LogP contribution in [-0.4, -0.2) is 35.0 Å². The van der Waals surface area contributed by atoms with E-state index in [4.69, 9.17) is 0 Å². The minimum Gasteiger partial charge on any atom is -0.373 e. The molecule has 17 heavy (non-hydrogen) atoms. The molecular weight excluding hydrogens is 212 g/mol. The number of nitrogens with zero attached hydrogens (tertiary/aromatic N) is 3. The molecule has 2 heterocycles. The van der Waals surface area contributed by atoms with Crippen LogP contribution >= 0.6 is 0 Å². The molecule has 4 nitrogen and oxygen atoms in total. The molecule has 94 valence electrons. The lowest BCUT2D eigenvalue weighted by Crippen LogP contribution is -2.21. The van der Waals surface area contributed by atoms with Crippen LogP contribution in [0.4, 0.5) is 5.82 Å². The summed E-state index contributed by atoms with van der Waals surface area (Å²) in [6.07, 6.45) is 2.61. The fourth-order valence-electron chi connectivity index (χ4n) is 2.42. The molecule has 0 aromatic carbocycles. The van der Waals surface area contributed by atoms with Crippen LogP contribution in [0.3, 0.4) is 0 Å². The van der Waals surface area contributed by atoms with Gasteiger partial charge >= 0.3 is 0 Å². The summed E-state index contributed by atoms with van der Waals surface area (Å²) in [5.74, 6) is 2.72. The third-order valence-corrected chi connectivity index (χ3v) is 3.47.